The third-order valence-electron chi connectivity index (χ3n) is 4.61. The van der Waals surface area contributed by atoms with Gasteiger partial charge in [0, 0.05) is 19.0 Å². The molecule has 128 valence electrons. The highest BCUT2D eigenvalue weighted by Crippen LogP contribution is 2.28. The Balaban J connectivity index is 1.68. The molecule has 0 saturated carbocycles. The lowest BCUT2D eigenvalue weighted by Crippen LogP contribution is -2.39. The van der Waals surface area contributed by atoms with E-state index in [0.29, 0.717) is 31.6 Å². The Kier molecular flexibility index (Phi) is 3.79. The second-order valence-electron chi connectivity index (χ2n) is 6.13. The van der Waals surface area contributed by atoms with Crippen molar-refractivity contribution in [3.05, 3.63) is 42.6 Å². The molecule has 0 unspecified atom stereocenters. The van der Waals surface area contributed by atoms with Gasteiger partial charge in [0.25, 0.3) is 0 Å². The Morgan fingerprint density at radius 1 is 1.16 bits per heavy atom. The van der Waals surface area contributed by atoms with Crippen LogP contribution in [0.4, 0.5) is 10.2 Å². The van der Waals surface area contributed by atoms with Crippen molar-refractivity contribution in [3.8, 4) is 5.69 Å². The number of rotatable bonds is 3. The quantitative estimate of drug-likeness (QED) is 0.783. The van der Waals surface area contributed by atoms with Gasteiger partial charge in [0.1, 0.15) is 18.0 Å². The van der Waals surface area contributed by atoms with Gasteiger partial charge in [-0.1, -0.05) is 0 Å². The molecule has 0 aliphatic carbocycles. The maximum absolute atomic E-state index is 13.1. The lowest BCUT2D eigenvalue weighted by atomic mass is 9.96. The topological polar surface area (TPSA) is 89.9 Å². The number of fused-ring (bicyclic) bond motifs is 1. The second kappa shape index (κ2) is 6.12. The highest BCUT2D eigenvalue weighted by atomic mass is 19.1. The number of nitrogens with two attached hydrogens (primary N) is 1. The summed E-state index contributed by atoms with van der Waals surface area (Å²) in [6, 6.07) is 6.09. The fourth-order valence-electron chi connectivity index (χ4n) is 3.23. The Morgan fingerprint density at radius 2 is 1.88 bits per heavy atom. The van der Waals surface area contributed by atoms with Crippen LogP contribution in [0.25, 0.3) is 16.7 Å². The van der Waals surface area contributed by atoms with Gasteiger partial charge in [0.05, 0.1) is 17.3 Å². The van der Waals surface area contributed by atoms with Gasteiger partial charge in [-0.2, -0.15) is 5.10 Å². The number of aromatic nitrogens is 4. The molecule has 1 aromatic carbocycles. The smallest absolute Gasteiger partial charge is 0.220 e. The maximum atomic E-state index is 13.1. The van der Waals surface area contributed by atoms with E-state index in [-0.39, 0.29) is 17.6 Å². The molecule has 2 N–H and O–H groups in total. The lowest BCUT2D eigenvalue weighted by molar-refractivity contribution is -0.122. The average molecular weight is 340 g/mol. The minimum absolute atomic E-state index is 0.0736. The molecule has 7 nitrogen and oxygen atoms in total. The Bertz CT molecular complexity index is 915. The molecular weight excluding hydrogens is 323 g/mol. The molecule has 1 aliphatic rings. The van der Waals surface area contributed by atoms with E-state index in [0.717, 1.165) is 16.9 Å². The van der Waals surface area contributed by atoms with Crippen LogP contribution in [0.5, 0.6) is 0 Å². The van der Waals surface area contributed by atoms with Crippen molar-refractivity contribution in [2.75, 3.05) is 18.0 Å². The normalized spacial score (nSPS) is 15.6. The third-order valence-corrected chi connectivity index (χ3v) is 4.61. The summed E-state index contributed by atoms with van der Waals surface area (Å²) in [5.41, 5.74) is 6.79. The molecule has 1 fully saturated rings. The number of carbonyl (C=O) groups is 1. The summed E-state index contributed by atoms with van der Waals surface area (Å²) in [4.78, 5) is 22.2. The predicted octanol–water partition coefficient (Wildman–Crippen LogP) is 1.66. The lowest BCUT2D eigenvalue weighted by Gasteiger charge is -2.31. The first-order chi connectivity index (χ1) is 12.1. The van der Waals surface area contributed by atoms with Crippen molar-refractivity contribution >= 4 is 22.8 Å². The van der Waals surface area contributed by atoms with Crippen molar-refractivity contribution in [3.63, 3.8) is 0 Å². The molecular formula is C17H17FN6O. The van der Waals surface area contributed by atoms with E-state index in [2.05, 4.69) is 20.0 Å². The van der Waals surface area contributed by atoms with Crippen LogP contribution in [0.3, 0.4) is 0 Å². The van der Waals surface area contributed by atoms with Crippen LogP contribution in [-0.4, -0.2) is 38.7 Å². The predicted molar refractivity (Wildman–Crippen MR) is 90.7 cm³/mol. The first-order valence-corrected chi connectivity index (χ1v) is 8.12. The number of anilines is 1. The number of halogens is 1. The minimum atomic E-state index is -0.298. The second-order valence-corrected chi connectivity index (χ2v) is 6.13. The number of benzene rings is 1. The molecule has 3 heterocycles. The summed E-state index contributed by atoms with van der Waals surface area (Å²) >= 11 is 0. The van der Waals surface area contributed by atoms with E-state index >= 15 is 0 Å². The molecule has 2 aromatic heterocycles. The summed E-state index contributed by atoms with van der Waals surface area (Å²) in [7, 11) is 0. The first-order valence-electron chi connectivity index (χ1n) is 8.12. The van der Waals surface area contributed by atoms with Crippen molar-refractivity contribution in [2.24, 2.45) is 11.7 Å². The van der Waals surface area contributed by atoms with E-state index < -0.39 is 0 Å². The standard InChI is InChI=1S/C17H17FN6O/c18-12-1-3-13(4-2-12)24-17-14(9-22-24)16(20-10-21-17)23-7-5-11(6-8-23)15(19)25/h1-4,9-11H,5-8H2,(H2,19,25). The Labute approximate surface area is 143 Å². The maximum Gasteiger partial charge on any atom is 0.220 e. The molecule has 1 amide bonds. The zero-order valence-electron chi connectivity index (χ0n) is 13.5. The number of amides is 1. The molecule has 3 aromatic rings. The van der Waals surface area contributed by atoms with Crippen LogP contribution < -0.4 is 10.6 Å². The van der Waals surface area contributed by atoms with Crippen LogP contribution in [0.15, 0.2) is 36.8 Å². The fraction of sp³-hybridized carbons (Fsp3) is 0.294. The zero-order chi connectivity index (χ0) is 17.4. The number of primary amides is 1. The van der Waals surface area contributed by atoms with E-state index in [9.17, 15) is 9.18 Å². The molecule has 0 atom stereocenters. The summed E-state index contributed by atoms with van der Waals surface area (Å²) in [6.07, 6.45) is 4.65. The van der Waals surface area contributed by atoms with Gasteiger partial charge in [-0.05, 0) is 37.1 Å². The van der Waals surface area contributed by atoms with Crippen LogP contribution in [0.2, 0.25) is 0 Å². The van der Waals surface area contributed by atoms with Gasteiger partial charge in [-0.15, -0.1) is 0 Å². The van der Waals surface area contributed by atoms with Gasteiger partial charge in [-0.3, -0.25) is 4.79 Å². The summed E-state index contributed by atoms with van der Waals surface area (Å²) in [6.45, 7) is 1.42. The van der Waals surface area contributed by atoms with Crippen molar-refractivity contribution < 1.29 is 9.18 Å². The van der Waals surface area contributed by atoms with Crippen LogP contribution >= 0.6 is 0 Å². The highest BCUT2D eigenvalue weighted by molar-refractivity contribution is 5.88. The monoisotopic (exact) mass is 340 g/mol. The van der Waals surface area contributed by atoms with Crippen LogP contribution in [-0.2, 0) is 4.79 Å². The molecule has 25 heavy (non-hydrogen) atoms. The number of carbonyl (C=O) groups excluding carboxylic acids is 1. The third kappa shape index (κ3) is 2.79. The van der Waals surface area contributed by atoms with Crippen molar-refractivity contribution in [2.45, 2.75) is 12.8 Å². The largest absolute Gasteiger partial charge is 0.369 e. The summed E-state index contributed by atoms with van der Waals surface area (Å²) in [5.74, 6) is 0.182. The SMILES string of the molecule is NC(=O)C1CCN(c2ncnc3c2cnn3-c2ccc(F)cc2)CC1. The molecule has 0 radical (unpaired) electrons. The molecule has 8 heteroatoms. The average Bonchev–Trinajstić information content (AvgIpc) is 3.06. The number of nitrogens with zero attached hydrogens (tertiary/aromatic N) is 5. The summed E-state index contributed by atoms with van der Waals surface area (Å²) in [5, 5.41) is 5.21. The summed E-state index contributed by atoms with van der Waals surface area (Å²) < 4.78 is 14.8. The van der Waals surface area contributed by atoms with Gasteiger partial charge in [0.15, 0.2) is 5.65 Å². The van der Waals surface area contributed by atoms with Crippen LogP contribution in [0.1, 0.15) is 12.8 Å². The molecule has 0 spiro atoms. The first kappa shape index (κ1) is 15.5. The molecule has 0 bridgehead atoms. The van der Waals surface area contributed by atoms with E-state index in [1.807, 2.05) is 0 Å². The van der Waals surface area contributed by atoms with Crippen molar-refractivity contribution in [1.29, 1.82) is 0 Å². The van der Waals surface area contributed by atoms with E-state index in [1.54, 1.807) is 23.0 Å². The molecule has 1 aliphatic heterocycles. The highest BCUT2D eigenvalue weighted by Gasteiger charge is 2.25. The minimum Gasteiger partial charge on any atom is -0.369 e. The van der Waals surface area contributed by atoms with Gasteiger partial charge >= 0.3 is 0 Å². The van der Waals surface area contributed by atoms with Crippen LogP contribution in [0, 0.1) is 11.7 Å². The van der Waals surface area contributed by atoms with E-state index in [4.69, 9.17) is 5.73 Å². The van der Waals surface area contributed by atoms with Gasteiger partial charge in [0.2, 0.25) is 5.91 Å². The number of piperidine rings is 1. The fourth-order valence-corrected chi connectivity index (χ4v) is 3.23. The van der Waals surface area contributed by atoms with Gasteiger partial charge < -0.3 is 10.6 Å². The Hall–Kier alpha value is -3.03. The van der Waals surface area contributed by atoms with E-state index in [1.165, 1.54) is 18.5 Å². The van der Waals surface area contributed by atoms with Crippen molar-refractivity contribution in [1.82, 2.24) is 19.7 Å². The zero-order valence-corrected chi connectivity index (χ0v) is 13.5. The Morgan fingerprint density at radius 3 is 2.56 bits per heavy atom. The number of hydrogen-bond donors (Lipinski definition) is 1. The molecule has 1 saturated heterocycles. The van der Waals surface area contributed by atoms with Gasteiger partial charge in [-0.25, -0.2) is 19.0 Å². The number of hydrogen-bond acceptors (Lipinski definition) is 5. The molecule has 4 rings (SSSR count).